The summed E-state index contributed by atoms with van der Waals surface area (Å²) in [5.41, 5.74) is 7.17. The molecule has 2 rings (SSSR count). The normalized spacial score (nSPS) is 10.8. The third kappa shape index (κ3) is 4.96. The molecule has 0 saturated carbocycles. The number of rotatable bonds is 6. The van der Waals surface area contributed by atoms with Crippen molar-refractivity contribution in [1.29, 1.82) is 0 Å². The van der Waals surface area contributed by atoms with Crippen molar-refractivity contribution >= 4 is 17.5 Å². The van der Waals surface area contributed by atoms with E-state index in [-0.39, 0.29) is 18.4 Å². The summed E-state index contributed by atoms with van der Waals surface area (Å²) in [5, 5.41) is 7.32. The quantitative estimate of drug-likeness (QED) is 0.850. The minimum atomic E-state index is -0.186. The molecule has 1 heterocycles. The van der Waals surface area contributed by atoms with Crippen LogP contribution in [0, 0.1) is 34.6 Å². The van der Waals surface area contributed by atoms with E-state index in [1.165, 1.54) is 4.90 Å². The van der Waals surface area contributed by atoms with Gasteiger partial charge in [-0.25, -0.2) is 0 Å². The third-order valence-electron chi connectivity index (χ3n) is 5.00. The molecule has 0 bridgehead atoms. The molecule has 0 saturated heterocycles. The van der Waals surface area contributed by atoms with Crippen molar-refractivity contribution < 1.29 is 9.59 Å². The number of carbonyl (C=O) groups excluding carboxylic acids is 2. The first-order valence-corrected chi connectivity index (χ1v) is 9.21. The van der Waals surface area contributed by atoms with E-state index in [0.29, 0.717) is 12.8 Å². The molecule has 0 fully saturated rings. The van der Waals surface area contributed by atoms with Crippen molar-refractivity contribution in [3.05, 3.63) is 45.8 Å². The number of aromatic nitrogens is 2. The lowest BCUT2D eigenvalue weighted by atomic mass is 10.1. The number of hydrogen-bond donors (Lipinski definition) is 1. The molecule has 0 aliphatic carbocycles. The Bertz CT molecular complexity index is 844. The van der Waals surface area contributed by atoms with Crippen molar-refractivity contribution in [2.45, 2.75) is 47.5 Å². The zero-order valence-electron chi connectivity index (χ0n) is 17.4. The summed E-state index contributed by atoms with van der Waals surface area (Å²) in [6, 6.07) is 4.08. The molecule has 1 aromatic heterocycles. The van der Waals surface area contributed by atoms with Crippen LogP contribution in [0.5, 0.6) is 0 Å². The standard InChI is InChI=1S/C21H30N4O2/c1-13-10-14(2)21(15(3)11-13)22-19(26)12-24(6)20(27)9-8-18-16(4)23-25(7)17(18)5/h10-11H,8-9,12H2,1-7H3,(H,22,26). The Balaban J connectivity index is 1.93. The summed E-state index contributed by atoms with van der Waals surface area (Å²) in [6.45, 7) is 9.98. The van der Waals surface area contributed by atoms with Crippen LogP contribution in [0.25, 0.3) is 0 Å². The molecule has 6 nitrogen and oxygen atoms in total. The van der Waals surface area contributed by atoms with Gasteiger partial charge in [0.2, 0.25) is 11.8 Å². The summed E-state index contributed by atoms with van der Waals surface area (Å²) in [7, 11) is 3.57. The Labute approximate surface area is 161 Å². The molecule has 1 N–H and O–H groups in total. The number of nitrogens with one attached hydrogen (secondary N) is 1. The highest BCUT2D eigenvalue weighted by Crippen LogP contribution is 2.22. The van der Waals surface area contributed by atoms with Gasteiger partial charge in [0.15, 0.2) is 0 Å². The first-order chi connectivity index (χ1) is 12.6. The van der Waals surface area contributed by atoms with Crippen LogP contribution in [0.15, 0.2) is 12.1 Å². The number of nitrogens with zero attached hydrogens (tertiary/aromatic N) is 3. The predicted octanol–water partition coefficient (Wildman–Crippen LogP) is 2.99. The van der Waals surface area contributed by atoms with Gasteiger partial charge in [0.05, 0.1) is 12.2 Å². The van der Waals surface area contributed by atoms with Gasteiger partial charge in [-0.1, -0.05) is 17.7 Å². The van der Waals surface area contributed by atoms with E-state index >= 15 is 0 Å². The number of likely N-dealkylation sites (N-methyl/N-ethyl adjacent to an activating group) is 1. The van der Waals surface area contributed by atoms with Gasteiger partial charge < -0.3 is 10.2 Å². The van der Waals surface area contributed by atoms with Crippen LogP contribution in [0.4, 0.5) is 5.69 Å². The van der Waals surface area contributed by atoms with E-state index in [4.69, 9.17) is 0 Å². The average Bonchev–Trinajstić information content (AvgIpc) is 2.81. The van der Waals surface area contributed by atoms with Crippen molar-refractivity contribution in [2.24, 2.45) is 7.05 Å². The van der Waals surface area contributed by atoms with Crippen LogP contribution < -0.4 is 5.32 Å². The first kappa shape index (κ1) is 20.7. The number of amides is 2. The molecule has 0 spiro atoms. The Morgan fingerprint density at radius 2 is 1.70 bits per heavy atom. The van der Waals surface area contributed by atoms with Crippen molar-refractivity contribution in [3.8, 4) is 0 Å². The van der Waals surface area contributed by atoms with Crippen molar-refractivity contribution in [1.82, 2.24) is 14.7 Å². The minimum absolute atomic E-state index is 0.0383. The third-order valence-corrected chi connectivity index (χ3v) is 5.00. The lowest BCUT2D eigenvalue weighted by molar-refractivity contribution is -0.133. The second-order valence-electron chi connectivity index (χ2n) is 7.34. The van der Waals surface area contributed by atoms with E-state index in [9.17, 15) is 9.59 Å². The molecule has 0 unspecified atom stereocenters. The molecule has 0 radical (unpaired) electrons. The number of aryl methyl sites for hydroxylation is 5. The molecule has 27 heavy (non-hydrogen) atoms. The van der Waals surface area contributed by atoms with Gasteiger partial charge in [0.25, 0.3) is 0 Å². The van der Waals surface area contributed by atoms with Crippen LogP contribution in [0.1, 0.15) is 40.1 Å². The van der Waals surface area contributed by atoms with Crippen LogP contribution in [0.3, 0.4) is 0 Å². The Kier molecular flexibility index (Phi) is 6.41. The number of benzene rings is 1. The van der Waals surface area contributed by atoms with Crippen LogP contribution >= 0.6 is 0 Å². The predicted molar refractivity (Wildman–Crippen MR) is 108 cm³/mol. The van der Waals surface area contributed by atoms with Crippen molar-refractivity contribution in [3.63, 3.8) is 0 Å². The van der Waals surface area contributed by atoms with Crippen LogP contribution in [-0.4, -0.2) is 40.1 Å². The highest BCUT2D eigenvalue weighted by atomic mass is 16.2. The van der Waals surface area contributed by atoms with Crippen LogP contribution in [0.2, 0.25) is 0 Å². The molecule has 6 heteroatoms. The maximum Gasteiger partial charge on any atom is 0.243 e. The van der Waals surface area contributed by atoms with Gasteiger partial charge in [0, 0.05) is 31.9 Å². The Hall–Kier alpha value is -2.63. The van der Waals surface area contributed by atoms with Gasteiger partial charge in [0.1, 0.15) is 0 Å². The van der Waals surface area contributed by atoms with Gasteiger partial charge in [-0.05, 0) is 57.7 Å². The molecule has 2 amide bonds. The Morgan fingerprint density at radius 1 is 1.11 bits per heavy atom. The fraction of sp³-hybridized carbons (Fsp3) is 0.476. The highest BCUT2D eigenvalue weighted by Gasteiger charge is 2.17. The molecular weight excluding hydrogens is 340 g/mol. The summed E-state index contributed by atoms with van der Waals surface area (Å²) in [5.74, 6) is -0.236. The second kappa shape index (κ2) is 8.37. The summed E-state index contributed by atoms with van der Waals surface area (Å²) < 4.78 is 1.83. The second-order valence-corrected chi connectivity index (χ2v) is 7.34. The van der Waals surface area contributed by atoms with E-state index in [1.807, 2.05) is 58.5 Å². The van der Waals surface area contributed by atoms with Crippen LogP contribution in [-0.2, 0) is 23.1 Å². The maximum atomic E-state index is 12.4. The average molecular weight is 370 g/mol. The summed E-state index contributed by atoms with van der Waals surface area (Å²) in [4.78, 5) is 26.3. The van der Waals surface area contributed by atoms with Gasteiger partial charge in [-0.3, -0.25) is 14.3 Å². The summed E-state index contributed by atoms with van der Waals surface area (Å²) >= 11 is 0. The first-order valence-electron chi connectivity index (χ1n) is 9.21. The van der Waals surface area contributed by atoms with E-state index in [0.717, 1.165) is 39.3 Å². The lowest BCUT2D eigenvalue weighted by Crippen LogP contribution is -2.35. The monoisotopic (exact) mass is 370 g/mol. The van der Waals surface area contributed by atoms with E-state index < -0.39 is 0 Å². The number of carbonyl (C=O) groups is 2. The molecule has 1 aromatic carbocycles. The molecule has 0 atom stereocenters. The largest absolute Gasteiger partial charge is 0.336 e. The molecular formula is C21H30N4O2. The summed E-state index contributed by atoms with van der Waals surface area (Å²) in [6.07, 6.45) is 0.992. The number of anilines is 1. The van der Waals surface area contributed by atoms with Gasteiger partial charge >= 0.3 is 0 Å². The highest BCUT2D eigenvalue weighted by molar-refractivity contribution is 5.95. The maximum absolute atomic E-state index is 12.4. The molecule has 2 aromatic rings. The SMILES string of the molecule is Cc1cc(C)c(NC(=O)CN(C)C(=O)CCc2c(C)nn(C)c2C)c(C)c1. The molecule has 0 aliphatic heterocycles. The fourth-order valence-corrected chi connectivity index (χ4v) is 3.46. The molecule has 0 aliphatic rings. The van der Waals surface area contributed by atoms with Crippen molar-refractivity contribution in [2.75, 3.05) is 18.9 Å². The van der Waals surface area contributed by atoms with Gasteiger partial charge in [-0.15, -0.1) is 0 Å². The number of hydrogen-bond acceptors (Lipinski definition) is 3. The lowest BCUT2D eigenvalue weighted by Gasteiger charge is -2.18. The Morgan fingerprint density at radius 3 is 2.22 bits per heavy atom. The zero-order chi connectivity index (χ0) is 20.3. The zero-order valence-corrected chi connectivity index (χ0v) is 17.4. The van der Waals surface area contributed by atoms with Gasteiger partial charge in [-0.2, -0.15) is 5.10 Å². The van der Waals surface area contributed by atoms with E-state index in [1.54, 1.807) is 7.05 Å². The van der Waals surface area contributed by atoms with E-state index in [2.05, 4.69) is 10.4 Å². The fourth-order valence-electron chi connectivity index (χ4n) is 3.46. The topological polar surface area (TPSA) is 67.2 Å². The minimum Gasteiger partial charge on any atom is -0.336 e. The molecule has 146 valence electrons. The smallest absolute Gasteiger partial charge is 0.243 e.